The number of rotatable bonds is 4. The zero-order valence-corrected chi connectivity index (χ0v) is 10.8. The highest BCUT2D eigenvalue weighted by molar-refractivity contribution is 5.76. The van der Waals surface area contributed by atoms with Crippen molar-refractivity contribution < 1.29 is 4.79 Å². The van der Waals surface area contributed by atoms with Crippen LogP contribution in [0.2, 0.25) is 0 Å². The monoisotopic (exact) mass is 244 g/mol. The molecule has 1 heterocycles. The highest BCUT2D eigenvalue weighted by Crippen LogP contribution is 2.23. The van der Waals surface area contributed by atoms with Crippen LogP contribution in [0.4, 0.5) is 0 Å². The van der Waals surface area contributed by atoms with Gasteiger partial charge in [-0.05, 0) is 29.7 Å². The summed E-state index contributed by atoms with van der Waals surface area (Å²) in [6.07, 6.45) is 3.83. The van der Waals surface area contributed by atoms with Crippen LogP contribution in [-0.2, 0) is 11.3 Å². The molecule has 0 radical (unpaired) electrons. The van der Waals surface area contributed by atoms with Gasteiger partial charge in [0.1, 0.15) is 0 Å². The molecule has 96 valence electrons. The maximum Gasteiger partial charge on any atom is 0.219 e. The van der Waals surface area contributed by atoms with E-state index in [1.54, 1.807) is 0 Å². The Morgan fingerprint density at radius 2 is 2.22 bits per heavy atom. The molecule has 1 aliphatic heterocycles. The molecule has 0 bridgehead atoms. The summed E-state index contributed by atoms with van der Waals surface area (Å²) in [5.41, 5.74) is 3.86. The van der Waals surface area contributed by atoms with Crippen molar-refractivity contribution in [3.05, 3.63) is 41.5 Å². The number of carbonyl (C=O) groups excluding carboxylic acids is 1. The largest absolute Gasteiger partial charge is 0.352 e. The van der Waals surface area contributed by atoms with Crippen molar-refractivity contribution in [3.63, 3.8) is 0 Å². The fourth-order valence-electron chi connectivity index (χ4n) is 2.17. The molecule has 0 spiro atoms. The van der Waals surface area contributed by atoms with Crippen molar-refractivity contribution in [2.75, 3.05) is 13.1 Å². The van der Waals surface area contributed by atoms with Crippen molar-refractivity contribution in [1.29, 1.82) is 0 Å². The van der Waals surface area contributed by atoms with Gasteiger partial charge >= 0.3 is 0 Å². The zero-order valence-electron chi connectivity index (χ0n) is 10.8. The molecule has 0 saturated heterocycles. The number of carbonyl (C=O) groups is 1. The van der Waals surface area contributed by atoms with Crippen LogP contribution >= 0.6 is 0 Å². The molecule has 3 heteroatoms. The molecule has 2 rings (SSSR count). The van der Waals surface area contributed by atoms with Crippen LogP contribution in [0.25, 0.3) is 5.57 Å². The molecular weight excluding hydrogens is 224 g/mol. The number of nitrogens with one attached hydrogen (secondary N) is 2. The smallest absolute Gasteiger partial charge is 0.219 e. The van der Waals surface area contributed by atoms with E-state index in [-0.39, 0.29) is 5.91 Å². The Morgan fingerprint density at radius 3 is 2.94 bits per heavy atom. The van der Waals surface area contributed by atoms with Crippen LogP contribution in [-0.4, -0.2) is 19.0 Å². The highest BCUT2D eigenvalue weighted by atomic mass is 16.1. The maximum atomic E-state index is 11.3. The molecule has 3 nitrogen and oxygen atoms in total. The van der Waals surface area contributed by atoms with Crippen molar-refractivity contribution >= 4 is 11.5 Å². The van der Waals surface area contributed by atoms with Gasteiger partial charge in [-0.1, -0.05) is 37.3 Å². The second-order valence-corrected chi connectivity index (χ2v) is 4.47. The van der Waals surface area contributed by atoms with Gasteiger partial charge in [0.25, 0.3) is 0 Å². The molecule has 18 heavy (non-hydrogen) atoms. The highest BCUT2D eigenvalue weighted by Gasteiger charge is 2.10. The van der Waals surface area contributed by atoms with E-state index in [0.717, 1.165) is 19.5 Å². The van der Waals surface area contributed by atoms with Crippen molar-refractivity contribution in [2.45, 2.75) is 26.3 Å². The van der Waals surface area contributed by atoms with Gasteiger partial charge in [-0.2, -0.15) is 0 Å². The second-order valence-electron chi connectivity index (χ2n) is 4.47. The molecule has 1 aromatic carbocycles. The summed E-state index contributed by atoms with van der Waals surface area (Å²) in [4.78, 5) is 11.3. The van der Waals surface area contributed by atoms with E-state index >= 15 is 0 Å². The Morgan fingerprint density at radius 1 is 1.39 bits per heavy atom. The Bertz CT molecular complexity index is 452. The third-order valence-corrected chi connectivity index (χ3v) is 3.22. The first-order valence-electron chi connectivity index (χ1n) is 6.56. The lowest BCUT2D eigenvalue weighted by Crippen LogP contribution is -2.23. The lowest BCUT2D eigenvalue weighted by Gasteiger charge is -2.17. The first-order valence-corrected chi connectivity index (χ1v) is 6.56. The minimum atomic E-state index is 0.101. The lowest BCUT2D eigenvalue weighted by molar-refractivity contribution is -0.120. The second kappa shape index (κ2) is 6.36. The van der Waals surface area contributed by atoms with Gasteiger partial charge in [0.15, 0.2) is 0 Å². The Labute approximate surface area is 108 Å². The van der Waals surface area contributed by atoms with Crippen LogP contribution in [0.3, 0.4) is 0 Å². The van der Waals surface area contributed by atoms with Gasteiger partial charge in [-0.3, -0.25) is 4.79 Å². The van der Waals surface area contributed by atoms with Crippen LogP contribution in [0.5, 0.6) is 0 Å². The number of hydrogen-bond acceptors (Lipinski definition) is 2. The van der Waals surface area contributed by atoms with Gasteiger partial charge in [0.05, 0.1) is 0 Å². The molecule has 0 fully saturated rings. The molecular formula is C15H20N2O. The number of benzene rings is 1. The molecule has 2 N–H and O–H groups in total. The summed E-state index contributed by atoms with van der Waals surface area (Å²) >= 11 is 0. The van der Waals surface area contributed by atoms with Crippen LogP contribution in [0, 0.1) is 0 Å². The quantitative estimate of drug-likeness (QED) is 0.851. The summed E-state index contributed by atoms with van der Waals surface area (Å²) < 4.78 is 0. The van der Waals surface area contributed by atoms with Gasteiger partial charge in [0.2, 0.25) is 5.91 Å². The first-order chi connectivity index (χ1) is 8.81. The molecule has 0 saturated carbocycles. The molecule has 0 aromatic heterocycles. The first kappa shape index (κ1) is 12.8. The Balaban J connectivity index is 2.14. The normalized spacial score (nSPS) is 15.1. The molecule has 1 aromatic rings. The third kappa shape index (κ3) is 3.20. The predicted octanol–water partition coefficient (Wildman–Crippen LogP) is 2.09. The van der Waals surface area contributed by atoms with E-state index in [1.165, 1.54) is 16.7 Å². The van der Waals surface area contributed by atoms with E-state index in [2.05, 4.69) is 34.9 Å². The Hall–Kier alpha value is -1.61. The third-order valence-electron chi connectivity index (χ3n) is 3.22. The van der Waals surface area contributed by atoms with Crippen LogP contribution in [0.1, 0.15) is 30.9 Å². The average Bonchev–Trinajstić information content (AvgIpc) is 2.46. The van der Waals surface area contributed by atoms with E-state index < -0.39 is 0 Å². The minimum Gasteiger partial charge on any atom is -0.352 e. The summed E-state index contributed by atoms with van der Waals surface area (Å²) in [5, 5.41) is 6.26. The zero-order chi connectivity index (χ0) is 12.8. The van der Waals surface area contributed by atoms with Gasteiger partial charge in [-0.15, -0.1) is 0 Å². The van der Waals surface area contributed by atoms with E-state index in [1.807, 2.05) is 13.0 Å². The number of amides is 1. The van der Waals surface area contributed by atoms with Crippen LogP contribution < -0.4 is 10.6 Å². The van der Waals surface area contributed by atoms with Crippen LogP contribution in [0.15, 0.2) is 30.3 Å². The topological polar surface area (TPSA) is 41.1 Å². The summed E-state index contributed by atoms with van der Waals surface area (Å²) in [6.45, 7) is 4.46. The minimum absolute atomic E-state index is 0.101. The standard InChI is InChI=1S/C15H20N2O/c1-2-15(18)17-11-13-5-3-4-6-14(13)12-7-9-16-10-8-12/h3-7,16H,2,8-11H2,1H3,(H,17,18). The molecule has 0 atom stereocenters. The summed E-state index contributed by atoms with van der Waals surface area (Å²) in [6, 6.07) is 8.32. The average molecular weight is 244 g/mol. The van der Waals surface area contributed by atoms with E-state index in [9.17, 15) is 4.79 Å². The van der Waals surface area contributed by atoms with Crippen molar-refractivity contribution in [2.24, 2.45) is 0 Å². The molecule has 1 aliphatic rings. The predicted molar refractivity (Wildman–Crippen MR) is 74.0 cm³/mol. The van der Waals surface area contributed by atoms with E-state index in [0.29, 0.717) is 13.0 Å². The van der Waals surface area contributed by atoms with Crippen molar-refractivity contribution in [3.8, 4) is 0 Å². The maximum absolute atomic E-state index is 11.3. The lowest BCUT2D eigenvalue weighted by atomic mass is 9.95. The van der Waals surface area contributed by atoms with Gasteiger partial charge in [-0.25, -0.2) is 0 Å². The van der Waals surface area contributed by atoms with E-state index in [4.69, 9.17) is 0 Å². The Kier molecular flexibility index (Phi) is 4.53. The number of hydrogen-bond donors (Lipinski definition) is 2. The van der Waals surface area contributed by atoms with Gasteiger partial charge in [0, 0.05) is 19.5 Å². The molecule has 0 unspecified atom stereocenters. The summed E-state index contributed by atoms with van der Waals surface area (Å²) in [7, 11) is 0. The SMILES string of the molecule is CCC(=O)NCc1ccccc1C1=CCNCC1. The van der Waals surface area contributed by atoms with Crippen molar-refractivity contribution in [1.82, 2.24) is 10.6 Å². The molecule has 0 aliphatic carbocycles. The fraction of sp³-hybridized carbons (Fsp3) is 0.400. The van der Waals surface area contributed by atoms with Gasteiger partial charge < -0.3 is 10.6 Å². The summed E-state index contributed by atoms with van der Waals surface area (Å²) in [5.74, 6) is 0.101. The fourth-order valence-corrected chi connectivity index (χ4v) is 2.17. The molecule has 1 amide bonds.